The van der Waals surface area contributed by atoms with Gasteiger partial charge in [0.1, 0.15) is 5.75 Å². The first-order chi connectivity index (χ1) is 13.6. The van der Waals surface area contributed by atoms with Gasteiger partial charge in [0.15, 0.2) is 6.10 Å². The Labute approximate surface area is 168 Å². The van der Waals surface area contributed by atoms with Crippen LogP contribution in [0.25, 0.3) is 0 Å². The summed E-state index contributed by atoms with van der Waals surface area (Å²) in [5, 5.41) is 13.2. The Bertz CT molecular complexity index is 954. The summed E-state index contributed by atoms with van der Waals surface area (Å²) in [5.41, 5.74) is -0.0275. The minimum atomic E-state index is -3.05. The van der Waals surface area contributed by atoms with Gasteiger partial charge < -0.3 is 14.8 Å². The summed E-state index contributed by atoms with van der Waals surface area (Å²) >= 11 is 5.81. The fraction of sp³-hybridized carbons (Fsp3) is 0.222. The van der Waals surface area contributed by atoms with Crippen LogP contribution < -0.4 is 10.1 Å². The fourth-order valence-electron chi connectivity index (χ4n) is 2.33. The number of ether oxygens (including phenoxy) is 2. The van der Waals surface area contributed by atoms with Crippen LogP contribution in [0.2, 0.25) is 5.02 Å². The number of anilines is 1. The quantitative estimate of drug-likeness (QED) is 0.399. The lowest BCUT2D eigenvalue weighted by atomic mass is 10.1. The number of halogens is 3. The molecule has 2 aromatic carbocycles. The van der Waals surface area contributed by atoms with Gasteiger partial charge in [0.2, 0.25) is 0 Å². The summed E-state index contributed by atoms with van der Waals surface area (Å²) in [6, 6.07) is 7.53. The average molecular weight is 429 g/mol. The predicted molar refractivity (Wildman–Crippen MR) is 99.4 cm³/mol. The zero-order valence-corrected chi connectivity index (χ0v) is 15.9. The number of amides is 1. The number of rotatable bonds is 7. The third kappa shape index (κ3) is 5.61. The molecule has 0 aliphatic carbocycles. The number of nitro benzene ring substituents is 1. The van der Waals surface area contributed by atoms with Crippen molar-refractivity contribution in [2.24, 2.45) is 0 Å². The van der Waals surface area contributed by atoms with Gasteiger partial charge >= 0.3 is 12.6 Å². The van der Waals surface area contributed by atoms with E-state index >= 15 is 0 Å². The molecule has 11 heteroatoms. The second kappa shape index (κ2) is 9.28. The van der Waals surface area contributed by atoms with Crippen molar-refractivity contribution >= 4 is 34.9 Å². The van der Waals surface area contributed by atoms with E-state index in [-0.39, 0.29) is 33.3 Å². The molecule has 1 unspecified atom stereocenters. The molecule has 29 heavy (non-hydrogen) atoms. The number of nitro groups is 1. The SMILES string of the molecule is Cc1c(C(=O)OC(C)C(=O)Nc2ccc(OC(F)F)c(Cl)c2)cccc1[N+](=O)[O-]. The summed E-state index contributed by atoms with van der Waals surface area (Å²) < 4.78 is 33.7. The number of carbonyl (C=O) groups is 2. The Balaban J connectivity index is 2.06. The first-order valence-corrected chi connectivity index (χ1v) is 8.48. The molecule has 1 amide bonds. The third-order valence-electron chi connectivity index (χ3n) is 3.79. The molecule has 0 saturated carbocycles. The van der Waals surface area contributed by atoms with E-state index in [0.29, 0.717) is 0 Å². The van der Waals surface area contributed by atoms with Crippen molar-refractivity contribution in [3.8, 4) is 5.75 Å². The average Bonchev–Trinajstić information content (AvgIpc) is 2.63. The molecule has 0 spiro atoms. The molecule has 0 radical (unpaired) electrons. The van der Waals surface area contributed by atoms with E-state index in [1.54, 1.807) is 0 Å². The summed E-state index contributed by atoms with van der Waals surface area (Å²) in [6.45, 7) is -0.357. The van der Waals surface area contributed by atoms with Crippen molar-refractivity contribution in [3.05, 3.63) is 62.7 Å². The zero-order chi connectivity index (χ0) is 21.7. The highest BCUT2D eigenvalue weighted by Crippen LogP contribution is 2.29. The van der Waals surface area contributed by atoms with Gasteiger partial charge in [-0.2, -0.15) is 8.78 Å². The molecule has 0 aromatic heterocycles. The van der Waals surface area contributed by atoms with Crippen LogP contribution in [0.5, 0.6) is 5.75 Å². The molecule has 2 rings (SSSR count). The highest BCUT2D eigenvalue weighted by Gasteiger charge is 2.23. The first-order valence-electron chi connectivity index (χ1n) is 8.10. The van der Waals surface area contributed by atoms with E-state index in [4.69, 9.17) is 16.3 Å². The van der Waals surface area contributed by atoms with Crippen LogP contribution in [0.4, 0.5) is 20.2 Å². The Morgan fingerprint density at radius 2 is 1.93 bits per heavy atom. The van der Waals surface area contributed by atoms with Gasteiger partial charge in [0.05, 0.1) is 15.5 Å². The minimum Gasteiger partial charge on any atom is -0.449 e. The van der Waals surface area contributed by atoms with Gasteiger partial charge in [0, 0.05) is 17.3 Å². The van der Waals surface area contributed by atoms with Gasteiger partial charge in [0.25, 0.3) is 11.6 Å². The maximum absolute atomic E-state index is 12.3. The lowest BCUT2D eigenvalue weighted by Crippen LogP contribution is -2.30. The zero-order valence-electron chi connectivity index (χ0n) is 15.1. The smallest absolute Gasteiger partial charge is 0.387 e. The van der Waals surface area contributed by atoms with Crippen LogP contribution in [0.15, 0.2) is 36.4 Å². The van der Waals surface area contributed by atoms with E-state index in [9.17, 15) is 28.5 Å². The van der Waals surface area contributed by atoms with Gasteiger partial charge in [-0.1, -0.05) is 17.7 Å². The van der Waals surface area contributed by atoms with Crippen LogP contribution in [0.3, 0.4) is 0 Å². The Kier molecular flexibility index (Phi) is 7.05. The standard InChI is InChI=1S/C18H15ClF2N2O6/c1-9-12(4-3-5-14(9)23(26)27)17(25)28-10(2)16(24)22-11-6-7-15(13(19)8-11)29-18(20)21/h3-8,10,18H,1-2H3,(H,22,24). The molecule has 0 aliphatic rings. The third-order valence-corrected chi connectivity index (χ3v) is 4.09. The van der Waals surface area contributed by atoms with Crippen molar-refractivity contribution in [1.82, 2.24) is 0 Å². The highest BCUT2D eigenvalue weighted by molar-refractivity contribution is 6.32. The second-order valence-corrected chi connectivity index (χ2v) is 6.17. The lowest BCUT2D eigenvalue weighted by Gasteiger charge is -2.15. The number of alkyl halides is 2. The molecule has 0 bridgehead atoms. The molecule has 1 atom stereocenters. The normalized spacial score (nSPS) is 11.7. The molecular weight excluding hydrogens is 414 g/mol. The topological polar surface area (TPSA) is 108 Å². The summed E-state index contributed by atoms with van der Waals surface area (Å²) in [5.74, 6) is -1.90. The summed E-state index contributed by atoms with van der Waals surface area (Å²) in [4.78, 5) is 34.8. The maximum atomic E-state index is 12.3. The lowest BCUT2D eigenvalue weighted by molar-refractivity contribution is -0.385. The van der Waals surface area contributed by atoms with Crippen LogP contribution in [0.1, 0.15) is 22.8 Å². The van der Waals surface area contributed by atoms with E-state index in [2.05, 4.69) is 10.1 Å². The molecule has 8 nitrogen and oxygen atoms in total. The number of carbonyl (C=O) groups excluding carboxylic acids is 2. The van der Waals surface area contributed by atoms with Crippen molar-refractivity contribution in [2.75, 3.05) is 5.32 Å². The Morgan fingerprint density at radius 3 is 2.52 bits per heavy atom. The molecule has 0 aliphatic heterocycles. The van der Waals surface area contributed by atoms with Crippen molar-refractivity contribution in [2.45, 2.75) is 26.6 Å². The van der Waals surface area contributed by atoms with E-state index in [1.807, 2.05) is 0 Å². The summed E-state index contributed by atoms with van der Waals surface area (Å²) in [7, 11) is 0. The van der Waals surface area contributed by atoms with Gasteiger partial charge in [-0.25, -0.2) is 4.79 Å². The molecule has 0 fully saturated rings. The Hall–Kier alpha value is -3.27. The number of nitrogens with one attached hydrogen (secondary N) is 1. The number of esters is 1. The van der Waals surface area contributed by atoms with Crippen LogP contribution >= 0.6 is 11.6 Å². The second-order valence-electron chi connectivity index (χ2n) is 5.77. The van der Waals surface area contributed by atoms with Crippen molar-refractivity contribution in [1.29, 1.82) is 0 Å². The van der Waals surface area contributed by atoms with Crippen LogP contribution in [-0.4, -0.2) is 29.5 Å². The van der Waals surface area contributed by atoms with Gasteiger partial charge in [-0.15, -0.1) is 0 Å². The first kappa shape index (κ1) is 22.0. The monoisotopic (exact) mass is 428 g/mol. The number of hydrogen-bond donors (Lipinski definition) is 1. The molecule has 154 valence electrons. The van der Waals surface area contributed by atoms with Gasteiger partial charge in [-0.3, -0.25) is 14.9 Å². The number of benzene rings is 2. The summed E-state index contributed by atoms with van der Waals surface area (Å²) in [6.07, 6.45) is -1.25. The molecule has 0 saturated heterocycles. The number of nitrogens with zero attached hydrogens (tertiary/aromatic N) is 1. The molecule has 1 N–H and O–H groups in total. The Morgan fingerprint density at radius 1 is 1.24 bits per heavy atom. The van der Waals surface area contributed by atoms with Gasteiger partial charge in [-0.05, 0) is 38.1 Å². The van der Waals surface area contributed by atoms with Crippen LogP contribution in [-0.2, 0) is 9.53 Å². The molecule has 2 aromatic rings. The largest absolute Gasteiger partial charge is 0.449 e. The van der Waals surface area contributed by atoms with E-state index < -0.39 is 29.5 Å². The number of hydrogen-bond acceptors (Lipinski definition) is 6. The van der Waals surface area contributed by atoms with Crippen LogP contribution in [0, 0.1) is 17.0 Å². The van der Waals surface area contributed by atoms with Crippen molar-refractivity contribution < 1.29 is 32.8 Å². The van der Waals surface area contributed by atoms with E-state index in [0.717, 1.165) is 6.07 Å². The molecule has 0 heterocycles. The maximum Gasteiger partial charge on any atom is 0.387 e. The highest BCUT2D eigenvalue weighted by atomic mass is 35.5. The van der Waals surface area contributed by atoms with E-state index in [1.165, 1.54) is 44.2 Å². The molecular formula is C18H15ClF2N2O6. The van der Waals surface area contributed by atoms with Crippen molar-refractivity contribution in [3.63, 3.8) is 0 Å². The minimum absolute atomic E-state index is 0.0459. The predicted octanol–water partition coefficient (Wildman–Crippen LogP) is 4.34. The fourth-order valence-corrected chi connectivity index (χ4v) is 2.56.